The topological polar surface area (TPSA) is 110 Å². The highest BCUT2D eigenvalue weighted by Crippen LogP contribution is 2.26. The van der Waals surface area contributed by atoms with E-state index in [0.29, 0.717) is 12.1 Å². The van der Waals surface area contributed by atoms with Crippen molar-refractivity contribution in [2.45, 2.75) is 32.9 Å². The van der Waals surface area contributed by atoms with E-state index in [2.05, 4.69) is 10.4 Å². The number of benzene rings is 1. The van der Waals surface area contributed by atoms with Crippen LogP contribution in [0.2, 0.25) is 0 Å². The number of carbonyl (C=O) groups is 2. The molecule has 1 amide bonds. The molecule has 1 aromatic heterocycles. The van der Waals surface area contributed by atoms with Crippen molar-refractivity contribution in [3.63, 3.8) is 0 Å². The van der Waals surface area contributed by atoms with Crippen LogP contribution in [-0.4, -0.2) is 39.4 Å². The van der Waals surface area contributed by atoms with E-state index in [9.17, 15) is 14.0 Å². The van der Waals surface area contributed by atoms with Gasteiger partial charge in [0.25, 0.3) is 5.91 Å². The Kier molecular flexibility index (Phi) is 5.87. The van der Waals surface area contributed by atoms with E-state index < -0.39 is 23.7 Å². The predicted molar refractivity (Wildman–Crippen MR) is 90.6 cm³/mol. The number of carbonyl (C=O) groups excluding carboxylic acids is 1. The van der Waals surface area contributed by atoms with Gasteiger partial charge in [0, 0.05) is 24.2 Å². The fourth-order valence-corrected chi connectivity index (χ4v) is 2.51. The number of amides is 1. The van der Waals surface area contributed by atoms with E-state index >= 15 is 0 Å². The Morgan fingerprint density at radius 2 is 2.08 bits per heavy atom. The molecule has 25 heavy (non-hydrogen) atoms. The van der Waals surface area contributed by atoms with E-state index in [1.165, 1.54) is 6.07 Å². The maximum Gasteiger partial charge on any atom is 0.322 e. The zero-order valence-electron chi connectivity index (χ0n) is 14.1. The molecular weight excluding hydrogens is 327 g/mol. The molecule has 1 heterocycles. The van der Waals surface area contributed by atoms with Crippen LogP contribution in [0.1, 0.15) is 29.8 Å². The van der Waals surface area contributed by atoms with Crippen LogP contribution in [0.4, 0.5) is 4.39 Å². The number of carboxylic acids is 1. The van der Waals surface area contributed by atoms with Gasteiger partial charge in [0.15, 0.2) is 0 Å². The Bertz CT molecular complexity index is 767. The van der Waals surface area contributed by atoms with Crippen LogP contribution in [0.15, 0.2) is 24.4 Å². The number of hydrogen-bond donors (Lipinski definition) is 3. The third-order valence-corrected chi connectivity index (χ3v) is 3.83. The van der Waals surface area contributed by atoms with Crippen LogP contribution in [0.3, 0.4) is 0 Å². The highest BCUT2D eigenvalue weighted by molar-refractivity contribution is 5.95. The van der Waals surface area contributed by atoms with Crippen molar-refractivity contribution in [2.24, 2.45) is 5.73 Å². The first-order chi connectivity index (χ1) is 11.9. The van der Waals surface area contributed by atoms with Gasteiger partial charge in [0.2, 0.25) is 0 Å². The average molecular weight is 348 g/mol. The van der Waals surface area contributed by atoms with Gasteiger partial charge in [-0.25, -0.2) is 4.39 Å². The summed E-state index contributed by atoms with van der Waals surface area (Å²) in [5.74, 6) is -2.37. The van der Waals surface area contributed by atoms with Crippen molar-refractivity contribution in [3.05, 3.63) is 41.3 Å². The van der Waals surface area contributed by atoms with Gasteiger partial charge in [-0.2, -0.15) is 5.10 Å². The smallest absolute Gasteiger partial charge is 0.322 e. The fraction of sp³-hybridized carbons (Fsp3) is 0.353. The Balaban J connectivity index is 2.33. The largest absolute Gasteiger partial charge is 0.480 e. The normalized spacial score (nSPS) is 12.0. The summed E-state index contributed by atoms with van der Waals surface area (Å²) in [4.78, 5) is 22.9. The molecule has 2 rings (SSSR count). The lowest BCUT2D eigenvalue weighted by Crippen LogP contribution is -2.42. The lowest BCUT2D eigenvalue weighted by atomic mass is 10.0. The monoisotopic (exact) mass is 348 g/mol. The molecule has 0 fully saturated rings. The van der Waals surface area contributed by atoms with Crippen LogP contribution in [-0.2, 0) is 17.8 Å². The lowest BCUT2D eigenvalue weighted by molar-refractivity contribution is -0.138. The summed E-state index contributed by atoms with van der Waals surface area (Å²) in [7, 11) is 0. The first kappa shape index (κ1) is 18.6. The van der Waals surface area contributed by atoms with E-state index in [1.54, 1.807) is 16.9 Å². The van der Waals surface area contributed by atoms with E-state index in [1.807, 2.05) is 13.8 Å². The van der Waals surface area contributed by atoms with E-state index in [4.69, 9.17) is 10.8 Å². The van der Waals surface area contributed by atoms with Crippen molar-refractivity contribution >= 4 is 11.9 Å². The van der Waals surface area contributed by atoms with Gasteiger partial charge in [0.05, 0.1) is 11.9 Å². The molecule has 0 aliphatic carbocycles. The van der Waals surface area contributed by atoms with Crippen LogP contribution in [0, 0.1) is 5.82 Å². The second-order valence-electron chi connectivity index (χ2n) is 5.57. The van der Waals surface area contributed by atoms with Gasteiger partial charge in [-0.15, -0.1) is 0 Å². The SMILES string of the molecule is CCc1cnn(CC)c1-c1cc(F)cc(C(=O)NC[C@@H](N)C(=O)O)c1. The van der Waals surface area contributed by atoms with Gasteiger partial charge in [-0.05, 0) is 37.1 Å². The van der Waals surface area contributed by atoms with Gasteiger partial charge in [-0.1, -0.05) is 6.92 Å². The Morgan fingerprint density at radius 3 is 2.68 bits per heavy atom. The number of nitrogens with one attached hydrogen (secondary N) is 1. The molecule has 8 heteroatoms. The van der Waals surface area contributed by atoms with Crippen molar-refractivity contribution in [3.8, 4) is 11.3 Å². The maximum absolute atomic E-state index is 14.0. The number of aryl methyl sites for hydroxylation is 2. The molecule has 7 nitrogen and oxygen atoms in total. The highest BCUT2D eigenvalue weighted by atomic mass is 19.1. The number of rotatable bonds is 7. The predicted octanol–water partition coefficient (Wildman–Crippen LogP) is 1.41. The maximum atomic E-state index is 14.0. The van der Waals surface area contributed by atoms with Crippen LogP contribution >= 0.6 is 0 Å². The average Bonchev–Trinajstić information content (AvgIpc) is 3.01. The van der Waals surface area contributed by atoms with Crippen molar-refractivity contribution in [2.75, 3.05) is 6.54 Å². The number of carboxylic acid groups (broad SMARTS) is 1. The molecule has 0 spiro atoms. The molecule has 0 aliphatic heterocycles. The summed E-state index contributed by atoms with van der Waals surface area (Å²) in [5.41, 5.74) is 7.71. The Labute approximate surface area is 144 Å². The molecular formula is C17H21FN4O3. The van der Waals surface area contributed by atoms with Crippen LogP contribution in [0.25, 0.3) is 11.3 Å². The number of nitrogens with zero attached hydrogens (tertiary/aromatic N) is 2. The number of hydrogen-bond acceptors (Lipinski definition) is 4. The number of aromatic nitrogens is 2. The van der Waals surface area contributed by atoms with Gasteiger partial charge in [0.1, 0.15) is 11.9 Å². The minimum Gasteiger partial charge on any atom is -0.480 e. The number of aliphatic carboxylic acids is 1. The molecule has 2 aromatic rings. The molecule has 0 saturated heterocycles. The van der Waals surface area contributed by atoms with Crippen LogP contribution < -0.4 is 11.1 Å². The van der Waals surface area contributed by atoms with E-state index in [-0.39, 0.29) is 12.1 Å². The molecule has 0 radical (unpaired) electrons. The lowest BCUT2D eigenvalue weighted by Gasteiger charge is -2.12. The van der Waals surface area contributed by atoms with Gasteiger partial charge < -0.3 is 16.2 Å². The van der Waals surface area contributed by atoms with Crippen LogP contribution in [0.5, 0.6) is 0 Å². The summed E-state index contributed by atoms with van der Waals surface area (Å²) in [5, 5.41) is 15.4. The Hall–Kier alpha value is -2.74. The molecule has 0 saturated carbocycles. The van der Waals surface area contributed by atoms with Crippen molar-refractivity contribution in [1.29, 1.82) is 0 Å². The van der Waals surface area contributed by atoms with Crippen molar-refractivity contribution in [1.82, 2.24) is 15.1 Å². The summed E-state index contributed by atoms with van der Waals surface area (Å²) in [6, 6.07) is 2.80. The first-order valence-electron chi connectivity index (χ1n) is 7.99. The first-order valence-corrected chi connectivity index (χ1v) is 7.99. The third kappa shape index (κ3) is 4.21. The molecule has 1 aromatic carbocycles. The number of halogens is 1. The summed E-state index contributed by atoms with van der Waals surface area (Å²) >= 11 is 0. The second-order valence-corrected chi connectivity index (χ2v) is 5.57. The summed E-state index contributed by atoms with van der Waals surface area (Å²) in [6.07, 6.45) is 2.45. The molecule has 1 atom stereocenters. The Morgan fingerprint density at radius 1 is 1.36 bits per heavy atom. The number of nitrogens with two attached hydrogens (primary N) is 1. The molecule has 0 unspecified atom stereocenters. The van der Waals surface area contributed by atoms with Gasteiger partial charge in [-0.3, -0.25) is 14.3 Å². The third-order valence-electron chi connectivity index (χ3n) is 3.83. The minimum absolute atomic E-state index is 0.0958. The second kappa shape index (κ2) is 7.89. The summed E-state index contributed by atoms with van der Waals surface area (Å²) in [6.45, 7) is 4.27. The minimum atomic E-state index is -1.22. The van der Waals surface area contributed by atoms with Crippen molar-refractivity contribution < 1.29 is 19.1 Å². The summed E-state index contributed by atoms with van der Waals surface area (Å²) < 4.78 is 15.8. The standard InChI is InChI=1S/C17H21FN4O3/c1-3-10-8-21-22(4-2)15(10)11-5-12(7-13(18)6-11)16(23)20-9-14(19)17(24)25/h5-8,14H,3-4,9,19H2,1-2H3,(H,20,23)(H,24,25)/t14-/m1/s1. The quantitative estimate of drug-likeness (QED) is 0.701. The molecule has 134 valence electrons. The zero-order chi connectivity index (χ0) is 18.6. The van der Waals surface area contributed by atoms with E-state index in [0.717, 1.165) is 23.7 Å². The van der Waals surface area contributed by atoms with Gasteiger partial charge >= 0.3 is 5.97 Å². The zero-order valence-corrected chi connectivity index (χ0v) is 14.1. The highest BCUT2D eigenvalue weighted by Gasteiger charge is 2.17. The molecule has 0 bridgehead atoms. The fourth-order valence-electron chi connectivity index (χ4n) is 2.51. The molecule has 0 aliphatic rings. The molecule has 4 N–H and O–H groups in total.